The molecule has 3 rings (SSSR count). The number of aromatic amines is 1. The van der Waals surface area contributed by atoms with Gasteiger partial charge >= 0.3 is 11.9 Å². The van der Waals surface area contributed by atoms with Crippen molar-refractivity contribution in [3.8, 4) is 0 Å². The van der Waals surface area contributed by atoms with Crippen LogP contribution < -0.4 is 0 Å². The molecule has 0 bridgehead atoms. The van der Waals surface area contributed by atoms with E-state index < -0.39 is 17.5 Å². The molecule has 0 aliphatic carbocycles. The molecule has 0 fully saturated rings. The Balaban J connectivity index is 1.99. The molecule has 1 aromatic heterocycles. The Kier molecular flexibility index (Phi) is 5.51. The van der Waals surface area contributed by atoms with E-state index in [-0.39, 0.29) is 24.3 Å². The van der Waals surface area contributed by atoms with E-state index in [4.69, 9.17) is 9.47 Å². The van der Waals surface area contributed by atoms with Crippen molar-refractivity contribution >= 4 is 22.8 Å². The standard InChI is InChI=1S/C22H23NO5/c1-22(2,3)28-21(26)19-17(12-24)23-16-11-7-10-15(18(16)19)20(25)27-13-14-8-5-4-6-9-14/h4-11,23-24H,12-13H2,1-3H3. The lowest BCUT2D eigenvalue weighted by Gasteiger charge is -2.20. The summed E-state index contributed by atoms with van der Waals surface area (Å²) in [7, 11) is 0. The first-order valence-corrected chi connectivity index (χ1v) is 8.99. The summed E-state index contributed by atoms with van der Waals surface area (Å²) >= 11 is 0. The predicted octanol–water partition coefficient (Wildman–Crippen LogP) is 3.97. The molecule has 1 heterocycles. The molecule has 6 heteroatoms. The number of nitrogens with one attached hydrogen (secondary N) is 1. The van der Waals surface area contributed by atoms with Gasteiger partial charge in [0.15, 0.2) is 0 Å². The first-order chi connectivity index (χ1) is 13.3. The number of aromatic nitrogens is 1. The first-order valence-electron chi connectivity index (χ1n) is 8.99. The lowest BCUT2D eigenvalue weighted by atomic mass is 10.0. The van der Waals surface area contributed by atoms with Crippen molar-refractivity contribution < 1.29 is 24.2 Å². The second kappa shape index (κ2) is 7.86. The van der Waals surface area contributed by atoms with Crippen LogP contribution in [0.15, 0.2) is 48.5 Å². The molecule has 3 aromatic rings. The fourth-order valence-electron chi connectivity index (χ4n) is 2.95. The predicted molar refractivity (Wildman–Crippen MR) is 105 cm³/mol. The molecule has 0 spiro atoms. The van der Waals surface area contributed by atoms with Crippen molar-refractivity contribution in [2.45, 2.75) is 39.6 Å². The topological polar surface area (TPSA) is 88.6 Å². The second-order valence-electron chi connectivity index (χ2n) is 7.43. The number of esters is 2. The molecule has 0 saturated heterocycles. The van der Waals surface area contributed by atoms with Crippen molar-refractivity contribution in [1.82, 2.24) is 4.98 Å². The lowest BCUT2D eigenvalue weighted by Crippen LogP contribution is -2.24. The third kappa shape index (κ3) is 4.23. The summed E-state index contributed by atoms with van der Waals surface area (Å²) in [6.45, 7) is 5.01. The zero-order valence-corrected chi connectivity index (χ0v) is 16.1. The van der Waals surface area contributed by atoms with Crippen LogP contribution in [0.25, 0.3) is 10.9 Å². The Bertz CT molecular complexity index is 999. The Morgan fingerprint density at radius 3 is 2.36 bits per heavy atom. The number of fused-ring (bicyclic) bond motifs is 1. The molecule has 0 atom stereocenters. The van der Waals surface area contributed by atoms with Gasteiger partial charge in [-0.05, 0) is 38.5 Å². The summed E-state index contributed by atoms with van der Waals surface area (Å²) in [5.74, 6) is -1.16. The maximum Gasteiger partial charge on any atom is 0.341 e. The van der Waals surface area contributed by atoms with Crippen LogP contribution in [0.3, 0.4) is 0 Å². The van der Waals surface area contributed by atoms with Crippen LogP contribution in [0, 0.1) is 0 Å². The van der Waals surface area contributed by atoms with Gasteiger partial charge in [0.2, 0.25) is 0 Å². The first kappa shape index (κ1) is 19.6. The summed E-state index contributed by atoms with van der Waals surface area (Å²) in [5, 5.41) is 10.1. The van der Waals surface area contributed by atoms with Crippen molar-refractivity contribution in [2.75, 3.05) is 0 Å². The lowest BCUT2D eigenvalue weighted by molar-refractivity contribution is 0.00688. The summed E-state index contributed by atoms with van der Waals surface area (Å²) in [4.78, 5) is 28.5. The van der Waals surface area contributed by atoms with Gasteiger partial charge in [-0.2, -0.15) is 0 Å². The number of ether oxygens (including phenoxy) is 2. The molecule has 0 aliphatic heterocycles. The Morgan fingerprint density at radius 1 is 1.00 bits per heavy atom. The summed E-state index contributed by atoms with van der Waals surface area (Å²) < 4.78 is 10.9. The Hall–Kier alpha value is -3.12. The molecule has 0 aliphatic rings. The van der Waals surface area contributed by atoms with E-state index >= 15 is 0 Å². The normalized spacial score (nSPS) is 11.4. The number of hydrogen-bond donors (Lipinski definition) is 2. The summed E-state index contributed by atoms with van der Waals surface area (Å²) in [5.41, 5.74) is 1.40. The molecule has 2 aromatic carbocycles. The van der Waals surface area contributed by atoms with Gasteiger partial charge in [-0.25, -0.2) is 9.59 Å². The van der Waals surface area contributed by atoms with Crippen molar-refractivity contribution in [3.05, 3.63) is 70.9 Å². The van der Waals surface area contributed by atoms with Crippen LogP contribution in [0.4, 0.5) is 0 Å². The number of rotatable bonds is 5. The Labute approximate surface area is 163 Å². The third-order valence-corrected chi connectivity index (χ3v) is 4.10. The SMILES string of the molecule is CC(C)(C)OC(=O)c1c(CO)[nH]c2cccc(C(=O)OCc3ccccc3)c12. The van der Waals surface area contributed by atoms with E-state index in [1.165, 1.54) is 0 Å². The minimum atomic E-state index is -0.712. The smallest absolute Gasteiger partial charge is 0.341 e. The highest BCUT2D eigenvalue weighted by molar-refractivity contribution is 6.14. The number of benzene rings is 2. The van der Waals surface area contributed by atoms with Gasteiger partial charge in [-0.3, -0.25) is 0 Å². The molecule has 28 heavy (non-hydrogen) atoms. The second-order valence-corrected chi connectivity index (χ2v) is 7.43. The van der Waals surface area contributed by atoms with Gasteiger partial charge < -0.3 is 19.6 Å². The van der Waals surface area contributed by atoms with Crippen LogP contribution in [0.2, 0.25) is 0 Å². The molecule has 0 radical (unpaired) electrons. The van der Waals surface area contributed by atoms with Crippen LogP contribution in [0.5, 0.6) is 0 Å². The number of aliphatic hydroxyl groups excluding tert-OH is 1. The number of H-pyrrole nitrogens is 1. The van der Waals surface area contributed by atoms with E-state index in [2.05, 4.69) is 4.98 Å². The number of carbonyl (C=O) groups excluding carboxylic acids is 2. The molecule has 0 amide bonds. The summed E-state index contributed by atoms with van der Waals surface area (Å²) in [6, 6.07) is 14.4. The number of carbonyl (C=O) groups is 2. The van der Waals surface area contributed by atoms with Gasteiger partial charge in [-0.15, -0.1) is 0 Å². The van der Waals surface area contributed by atoms with Gasteiger partial charge in [0, 0.05) is 10.9 Å². The highest BCUT2D eigenvalue weighted by Crippen LogP contribution is 2.29. The van der Waals surface area contributed by atoms with E-state index in [1.807, 2.05) is 30.3 Å². The average Bonchev–Trinajstić information content (AvgIpc) is 3.04. The zero-order chi connectivity index (χ0) is 20.3. The third-order valence-electron chi connectivity index (χ3n) is 4.10. The van der Waals surface area contributed by atoms with E-state index in [9.17, 15) is 14.7 Å². The fraction of sp³-hybridized carbons (Fsp3) is 0.273. The van der Waals surface area contributed by atoms with Crippen LogP contribution in [-0.4, -0.2) is 27.6 Å². The van der Waals surface area contributed by atoms with Gasteiger partial charge in [0.05, 0.1) is 23.4 Å². The minimum absolute atomic E-state index is 0.120. The average molecular weight is 381 g/mol. The van der Waals surface area contributed by atoms with Gasteiger partial charge in [-0.1, -0.05) is 36.4 Å². The molecule has 6 nitrogen and oxygen atoms in total. The van der Waals surface area contributed by atoms with Crippen LogP contribution in [-0.2, 0) is 22.7 Å². The van der Waals surface area contributed by atoms with Crippen molar-refractivity contribution in [3.63, 3.8) is 0 Å². The molecular weight excluding hydrogens is 358 g/mol. The molecule has 0 saturated carbocycles. The van der Waals surface area contributed by atoms with Gasteiger partial charge in [0.25, 0.3) is 0 Å². The zero-order valence-electron chi connectivity index (χ0n) is 16.1. The quantitative estimate of drug-likeness (QED) is 0.653. The monoisotopic (exact) mass is 381 g/mol. The van der Waals surface area contributed by atoms with Gasteiger partial charge in [0.1, 0.15) is 12.2 Å². The molecular formula is C22H23NO5. The largest absolute Gasteiger partial charge is 0.457 e. The number of hydrogen-bond acceptors (Lipinski definition) is 5. The Morgan fingerprint density at radius 2 is 1.71 bits per heavy atom. The van der Waals surface area contributed by atoms with E-state index in [1.54, 1.807) is 39.0 Å². The highest BCUT2D eigenvalue weighted by atomic mass is 16.6. The van der Waals surface area contributed by atoms with Crippen LogP contribution in [0.1, 0.15) is 52.7 Å². The molecule has 2 N–H and O–H groups in total. The maximum atomic E-state index is 12.8. The van der Waals surface area contributed by atoms with Crippen molar-refractivity contribution in [2.24, 2.45) is 0 Å². The molecule has 146 valence electrons. The summed E-state index contributed by atoms with van der Waals surface area (Å²) in [6.07, 6.45) is 0. The molecule has 0 unspecified atom stereocenters. The number of aliphatic hydroxyl groups is 1. The van der Waals surface area contributed by atoms with E-state index in [0.717, 1.165) is 5.56 Å². The van der Waals surface area contributed by atoms with Crippen LogP contribution >= 0.6 is 0 Å². The highest BCUT2D eigenvalue weighted by Gasteiger charge is 2.27. The maximum absolute atomic E-state index is 12.8. The van der Waals surface area contributed by atoms with Crippen molar-refractivity contribution in [1.29, 1.82) is 0 Å². The minimum Gasteiger partial charge on any atom is -0.457 e. The fourth-order valence-corrected chi connectivity index (χ4v) is 2.95. The van der Waals surface area contributed by atoms with E-state index in [0.29, 0.717) is 16.6 Å².